The predicted molar refractivity (Wildman–Crippen MR) is 80.9 cm³/mol. The van der Waals surface area contributed by atoms with Gasteiger partial charge in [-0.05, 0) is 31.0 Å². The number of non-ortho nitro benzene ring substituents is 1. The van der Waals surface area contributed by atoms with Gasteiger partial charge < -0.3 is 9.32 Å². The molecule has 3 rings (SSSR count). The molecule has 1 aromatic heterocycles. The molecular weight excluding hydrogens is 308 g/mol. The lowest BCUT2D eigenvalue weighted by molar-refractivity contribution is -0.384. The number of furan rings is 1. The molecule has 6 nitrogen and oxygen atoms in total. The minimum Gasteiger partial charge on any atom is -0.451 e. The Bertz CT molecular complexity index is 735. The van der Waals surface area contributed by atoms with Gasteiger partial charge in [0.1, 0.15) is 5.76 Å². The van der Waals surface area contributed by atoms with Gasteiger partial charge in [-0.2, -0.15) is 0 Å². The average Bonchev–Trinajstić information content (AvgIpc) is 3.18. The average molecular weight is 321 g/mol. The van der Waals surface area contributed by atoms with Crippen LogP contribution in [0.3, 0.4) is 0 Å². The van der Waals surface area contributed by atoms with Gasteiger partial charge in [0, 0.05) is 30.8 Å². The summed E-state index contributed by atoms with van der Waals surface area (Å²) in [5.74, 6) is 0.404. The molecule has 0 saturated carbocycles. The molecule has 1 amide bonds. The molecule has 0 N–H and O–H groups in total. The van der Waals surface area contributed by atoms with E-state index in [-0.39, 0.29) is 17.4 Å². The summed E-state index contributed by atoms with van der Waals surface area (Å²) in [6.45, 7) is 1.46. The van der Waals surface area contributed by atoms with Gasteiger partial charge in [-0.1, -0.05) is 11.6 Å². The molecule has 7 heteroatoms. The van der Waals surface area contributed by atoms with Crippen molar-refractivity contribution in [1.82, 2.24) is 4.90 Å². The summed E-state index contributed by atoms with van der Waals surface area (Å²) in [4.78, 5) is 24.3. The zero-order valence-electron chi connectivity index (χ0n) is 11.6. The highest BCUT2D eigenvalue weighted by molar-refractivity contribution is 6.33. The van der Waals surface area contributed by atoms with E-state index in [0.717, 1.165) is 25.9 Å². The van der Waals surface area contributed by atoms with Crippen molar-refractivity contribution in [3.05, 3.63) is 51.2 Å². The normalized spacial score (nSPS) is 14.3. The zero-order chi connectivity index (χ0) is 15.7. The first kappa shape index (κ1) is 14.6. The maximum atomic E-state index is 12.2. The molecule has 1 aliphatic heterocycles. The summed E-state index contributed by atoms with van der Waals surface area (Å²) in [7, 11) is 0. The third-order valence-electron chi connectivity index (χ3n) is 3.64. The number of benzene rings is 1. The first-order valence-corrected chi connectivity index (χ1v) is 7.27. The summed E-state index contributed by atoms with van der Waals surface area (Å²) in [5.41, 5.74) is 0.319. The van der Waals surface area contributed by atoms with Crippen molar-refractivity contribution in [1.29, 1.82) is 0 Å². The van der Waals surface area contributed by atoms with Gasteiger partial charge in [-0.25, -0.2) is 0 Å². The first-order chi connectivity index (χ1) is 10.6. The van der Waals surface area contributed by atoms with Crippen LogP contribution >= 0.6 is 11.6 Å². The third-order valence-corrected chi connectivity index (χ3v) is 3.97. The fourth-order valence-corrected chi connectivity index (χ4v) is 2.70. The van der Waals surface area contributed by atoms with Crippen LogP contribution in [0.4, 0.5) is 5.69 Å². The molecule has 1 saturated heterocycles. The molecule has 0 aliphatic carbocycles. The van der Waals surface area contributed by atoms with Gasteiger partial charge in [-0.3, -0.25) is 14.9 Å². The van der Waals surface area contributed by atoms with Crippen LogP contribution in [0, 0.1) is 10.1 Å². The van der Waals surface area contributed by atoms with Gasteiger partial charge in [0.05, 0.1) is 9.95 Å². The molecule has 0 atom stereocenters. The Morgan fingerprint density at radius 2 is 1.95 bits per heavy atom. The van der Waals surface area contributed by atoms with Crippen LogP contribution in [0.15, 0.2) is 34.7 Å². The summed E-state index contributed by atoms with van der Waals surface area (Å²) in [5, 5.41) is 11.2. The van der Waals surface area contributed by atoms with Gasteiger partial charge >= 0.3 is 0 Å². The molecule has 1 fully saturated rings. The first-order valence-electron chi connectivity index (χ1n) is 6.89. The largest absolute Gasteiger partial charge is 0.451 e. The highest BCUT2D eigenvalue weighted by Crippen LogP contribution is 2.33. The lowest BCUT2D eigenvalue weighted by Crippen LogP contribution is -2.27. The smallest absolute Gasteiger partial charge is 0.289 e. The number of halogens is 1. The Hall–Kier alpha value is -2.34. The molecule has 1 aliphatic rings. The lowest BCUT2D eigenvalue weighted by atomic mass is 10.1. The number of hydrogen-bond donors (Lipinski definition) is 0. The number of amides is 1. The summed E-state index contributed by atoms with van der Waals surface area (Å²) >= 11 is 6.07. The molecular formula is C15H13ClN2O4. The van der Waals surface area contributed by atoms with E-state index in [4.69, 9.17) is 16.0 Å². The molecule has 0 spiro atoms. The molecule has 0 unspecified atom stereocenters. The summed E-state index contributed by atoms with van der Waals surface area (Å²) in [6.07, 6.45) is 1.99. The second-order valence-corrected chi connectivity index (χ2v) is 5.49. The third kappa shape index (κ3) is 2.69. The van der Waals surface area contributed by atoms with Crippen molar-refractivity contribution in [3.63, 3.8) is 0 Å². The van der Waals surface area contributed by atoms with Crippen LogP contribution < -0.4 is 0 Å². The topological polar surface area (TPSA) is 76.6 Å². The van der Waals surface area contributed by atoms with Crippen molar-refractivity contribution in [2.24, 2.45) is 0 Å². The molecule has 2 heterocycles. The van der Waals surface area contributed by atoms with Crippen LogP contribution in [0.2, 0.25) is 5.02 Å². The lowest BCUT2D eigenvalue weighted by Gasteiger charge is -2.12. The second kappa shape index (κ2) is 5.81. The van der Waals surface area contributed by atoms with Crippen LogP contribution in [0.5, 0.6) is 0 Å². The van der Waals surface area contributed by atoms with Gasteiger partial charge in [0.2, 0.25) is 0 Å². The number of nitro benzene ring substituents is 1. The minimum atomic E-state index is -0.501. The van der Waals surface area contributed by atoms with Crippen molar-refractivity contribution >= 4 is 23.2 Å². The van der Waals surface area contributed by atoms with E-state index in [1.54, 1.807) is 17.0 Å². The standard InChI is InChI=1S/C15H13ClN2O4/c16-12-4-3-10(18(20)21)9-11(12)13-5-6-14(22-13)15(19)17-7-1-2-8-17/h3-6,9H,1-2,7-8H2. The Balaban J connectivity index is 1.92. The van der Waals surface area contributed by atoms with Crippen molar-refractivity contribution < 1.29 is 14.1 Å². The molecule has 114 valence electrons. The van der Waals surface area contributed by atoms with E-state index in [1.165, 1.54) is 18.2 Å². The van der Waals surface area contributed by atoms with E-state index in [1.807, 2.05) is 0 Å². The van der Waals surface area contributed by atoms with Crippen LogP contribution in [0.25, 0.3) is 11.3 Å². The van der Waals surface area contributed by atoms with Gasteiger partial charge in [0.15, 0.2) is 5.76 Å². The van der Waals surface area contributed by atoms with E-state index < -0.39 is 4.92 Å². The summed E-state index contributed by atoms with van der Waals surface area (Å²) in [6, 6.07) is 7.29. The second-order valence-electron chi connectivity index (χ2n) is 5.08. The minimum absolute atomic E-state index is 0.0804. The number of likely N-dealkylation sites (tertiary alicyclic amines) is 1. The quantitative estimate of drug-likeness (QED) is 0.637. The molecule has 22 heavy (non-hydrogen) atoms. The number of rotatable bonds is 3. The van der Waals surface area contributed by atoms with Crippen molar-refractivity contribution in [3.8, 4) is 11.3 Å². The molecule has 0 radical (unpaired) electrons. The predicted octanol–water partition coefficient (Wildman–Crippen LogP) is 3.74. The number of hydrogen-bond acceptors (Lipinski definition) is 4. The van der Waals surface area contributed by atoms with Crippen LogP contribution in [-0.2, 0) is 0 Å². The fourth-order valence-electron chi connectivity index (χ4n) is 2.49. The Labute approximate surface area is 131 Å². The van der Waals surface area contributed by atoms with E-state index in [9.17, 15) is 14.9 Å². The van der Waals surface area contributed by atoms with Crippen LogP contribution in [-0.4, -0.2) is 28.8 Å². The van der Waals surface area contributed by atoms with E-state index in [2.05, 4.69) is 0 Å². The number of carbonyl (C=O) groups excluding carboxylic acids is 1. The van der Waals surface area contributed by atoms with Crippen LogP contribution in [0.1, 0.15) is 23.4 Å². The zero-order valence-corrected chi connectivity index (χ0v) is 12.4. The highest BCUT2D eigenvalue weighted by atomic mass is 35.5. The van der Waals surface area contributed by atoms with Crippen molar-refractivity contribution in [2.75, 3.05) is 13.1 Å². The van der Waals surface area contributed by atoms with Gasteiger partial charge in [-0.15, -0.1) is 0 Å². The highest BCUT2D eigenvalue weighted by Gasteiger charge is 2.23. The van der Waals surface area contributed by atoms with Crippen molar-refractivity contribution in [2.45, 2.75) is 12.8 Å². The summed E-state index contributed by atoms with van der Waals surface area (Å²) < 4.78 is 5.56. The number of nitro groups is 1. The maximum Gasteiger partial charge on any atom is 0.289 e. The van der Waals surface area contributed by atoms with E-state index in [0.29, 0.717) is 16.3 Å². The Morgan fingerprint density at radius 1 is 1.23 bits per heavy atom. The molecule has 2 aromatic rings. The Morgan fingerprint density at radius 3 is 2.64 bits per heavy atom. The van der Waals surface area contributed by atoms with E-state index >= 15 is 0 Å². The SMILES string of the molecule is O=C(c1ccc(-c2cc([N+](=O)[O-])ccc2Cl)o1)N1CCCC1. The fraction of sp³-hybridized carbons (Fsp3) is 0.267. The Kier molecular flexibility index (Phi) is 3.85. The monoisotopic (exact) mass is 320 g/mol. The number of nitrogens with zero attached hydrogens (tertiary/aromatic N) is 2. The number of carbonyl (C=O) groups is 1. The van der Waals surface area contributed by atoms with Gasteiger partial charge in [0.25, 0.3) is 11.6 Å². The molecule has 0 bridgehead atoms. The maximum absolute atomic E-state index is 12.2. The molecule has 1 aromatic carbocycles.